The monoisotopic (exact) mass is 268 g/mol. The second-order valence-electron chi connectivity index (χ2n) is 4.41. The van der Waals surface area contributed by atoms with Gasteiger partial charge in [-0.1, -0.05) is 0 Å². The molecule has 0 atom stereocenters. The molecule has 1 N–H and O–H groups in total. The normalized spacial score (nSPS) is 10.6. The Morgan fingerprint density at radius 2 is 2.11 bits per heavy atom. The van der Waals surface area contributed by atoms with Gasteiger partial charge in [0.1, 0.15) is 5.75 Å². The highest BCUT2D eigenvalue weighted by atomic mass is 16.6. The summed E-state index contributed by atoms with van der Waals surface area (Å²) in [5.41, 5.74) is 0.672. The lowest BCUT2D eigenvalue weighted by Gasteiger charge is -2.22. The minimum absolute atomic E-state index is 0.00307. The molecule has 0 saturated heterocycles. The van der Waals surface area contributed by atoms with Gasteiger partial charge in [0.15, 0.2) is 0 Å². The number of aliphatic hydroxyl groups is 1. The molecule has 0 aromatic heterocycles. The molecule has 106 valence electrons. The fourth-order valence-corrected chi connectivity index (χ4v) is 1.79. The molecule has 1 aromatic rings. The summed E-state index contributed by atoms with van der Waals surface area (Å²) in [6.45, 7) is 6.74. The first-order chi connectivity index (χ1) is 8.97. The van der Waals surface area contributed by atoms with Crippen LogP contribution in [0.15, 0.2) is 18.2 Å². The number of nitrogens with zero attached hydrogens (tertiary/aromatic N) is 2. The van der Waals surface area contributed by atoms with Crippen LogP contribution in [0.4, 0.5) is 11.4 Å². The van der Waals surface area contributed by atoms with Crippen molar-refractivity contribution in [3.8, 4) is 5.75 Å². The number of nitro groups is 1. The first kappa shape index (κ1) is 15.2. The number of aliphatic hydroxyl groups excluding tert-OH is 1. The summed E-state index contributed by atoms with van der Waals surface area (Å²) in [6.07, 6.45) is -0.0530. The van der Waals surface area contributed by atoms with Crippen LogP contribution in [-0.4, -0.2) is 35.8 Å². The Balaban J connectivity index is 3.14. The highest BCUT2D eigenvalue weighted by Crippen LogP contribution is 2.29. The molecule has 0 heterocycles. The lowest BCUT2D eigenvalue weighted by molar-refractivity contribution is -0.384. The van der Waals surface area contributed by atoms with Gasteiger partial charge in [0, 0.05) is 30.9 Å². The predicted molar refractivity (Wildman–Crippen MR) is 73.8 cm³/mol. The van der Waals surface area contributed by atoms with Gasteiger partial charge >= 0.3 is 0 Å². The van der Waals surface area contributed by atoms with Crippen molar-refractivity contribution in [1.82, 2.24) is 0 Å². The lowest BCUT2D eigenvalue weighted by Crippen LogP contribution is -2.26. The van der Waals surface area contributed by atoms with E-state index < -0.39 is 4.92 Å². The van der Waals surface area contributed by atoms with Crippen LogP contribution in [0.2, 0.25) is 0 Å². The van der Waals surface area contributed by atoms with Crippen LogP contribution in [0.3, 0.4) is 0 Å². The fraction of sp³-hybridized carbons (Fsp3) is 0.538. The largest absolute Gasteiger partial charge is 0.491 e. The number of benzene rings is 1. The van der Waals surface area contributed by atoms with Gasteiger partial charge in [-0.2, -0.15) is 0 Å². The molecule has 0 bridgehead atoms. The zero-order valence-electron chi connectivity index (χ0n) is 11.5. The van der Waals surface area contributed by atoms with Crippen molar-refractivity contribution in [3.05, 3.63) is 28.3 Å². The summed E-state index contributed by atoms with van der Waals surface area (Å²) < 4.78 is 5.52. The standard InChI is InChI=1S/C13H20N2O4/c1-4-14(5-6-16)11-7-12(15(17)18)9-13(8-11)19-10(2)3/h7-10,16H,4-6H2,1-3H3. The van der Waals surface area contributed by atoms with E-state index in [0.29, 0.717) is 24.5 Å². The number of ether oxygens (including phenoxy) is 1. The summed E-state index contributed by atoms with van der Waals surface area (Å²) in [4.78, 5) is 12.4. The van der Waals surface area contributed by atoms with Crippen LogP contribution in [0.25, 0.3) is 0 Å². The Bertz CT molecular complexity index is 435. The fourth-order valence-electron chi connectivity index (χ4n) is 1.79. The van der Waals surface area contributed by atoms with Crippen molar-refractivity contribution in [1.29, 1.82) is 0 Å². The van der Waals surface area contributed by atoms with Crippen molar-refractivity contribution in [3.63, 3.8) is 0 Å². The SMILES string of the molecule is CCN(CCO)c1cc(OC(C)C)cc([N+](=O)[O-])c1. The maximum atomic E-state index is 10.9. The van der Waals surface area contributed by atoms with Crippen LogP contribution in [0, 0.1) is 10.1 Å². The third-order valence-corrected chi connectivity index (χ3v) is 2.58. The van der Waals surface area contributed by atoms with Crippen LogP contribution >= 0.6 is 0 Å². The van der Waals surface area contributed by atoms with E-state index in [2.05, 4.69) is 0 Å². The van der Waals surface area contributed by atoms with Crippen molar-refractivity contribution >= 4 is 11.4 Å². The number of hydrogen-bond acceptors (Lipinski definition) is 5. The Labute approximate surface area is 112 Å². The molecule has 6 nitrogen and oxygen atoms in total. The Morgan fingerprint density at radius 1 is 1.42 bits per heavy atom. The summed E-state index contributed by atoms with van der Waals surface area (Å²) in [6, 6.07) is 4.66. The van der Waals surface area contributed by atoms with Gasteiger partial charge in [-0.3, -0.25) is 10.1 Å². The minimum Gasteiger partial charge on any atom is -0.491 e. The van der Waals surface area contributed by atoms with E-state index in [1.165, 1.54) is 12.1 Å². The van der Waals surface area contributed by atoms with Gasteiger partial charge < -0.3 is 14.7 Å². The summed E-state index contributed by atoms with van der Waals surface area (Å²) >= 11 is 0. The average Bonchev–Trinajstić information content (AvgIpc) is 2.34. The molecule has 0 aliphatic rings. The van der Waals surface area contributed by atoms with Crippen molar-refractivity contribution in [2.45, 2.75) is 26.9 Å². The molecule has 6 heteroatoms. The number of non-ortho nitro benzene ring substituents is 1. The third kappa shape index (κ3) is 4.40. The maximum Gasteiger partial charge on any atom is 0.275 e. The minimum atomic E-state index is -0.441. The van der Waals surface area contributed by atoms with E-state index >= 15 is 0 Å². The number of rotatable bonds is 7. The summed E-state index contributed by atoms with van der Waals surface area (Å²) in [5, 5.41) is 20.0. The number of likely N-dealkylation sites (N-methyl/N-ethyl adjacent to an activating group) is 1. The van der Waals surface area contributed by atoms with E-state index in [1.807, 2.05) is 25.7 Å². The molecule has 0 aliphatic carbocycles. The Hall–Kier alpha value is -1.82. The zero-order chi connectivity index (χ0) is 14.4. The molecule has 0 amide bonds. The second-order valence-corrected chi connectivity index (χ2v) is 4.41. The van der Waals surface area contributed by atoms with E-state index in [9.17, 15) is 10.1 Å². The molecule has 0 spiro atoms. The highest BCUT2D eigenvalue weighted by Gasteiger charge is 2.14. The molecule has 0 aliphatic heterocycles. The molecule has 1 rings (SSSR count). The van der Waals surface area contributed by atoms with E-state index in [-0.39, 0.29) is 18.4 Å². The van der Waals surface area contributed by atoms with Crippen LogP contribution < -0.4 is 9.64 Å². The molecule has 19 heavy (non-hydrogen) atoms. The Morgan fingerprint density at radius 3 is 2.58 bits per heavy atom. The van der Waals surface area contributed by atoms with Gasteiger partial charge in [-0.05, 0) is 20.8 Å². The smallest absolute Gasteiger partial charge is 0.275 e. The van der Waals surface area contributed by atoms with Gasteiger partial charge in [-0.15, -0.1) is 0 Å². The zero-order valence-corrected chi connectivity index (χ0v) is 11.5. The highest BCUT2D eigenvalue weighted by molar-refractivity contribution is 5.58. The van der Waals surface area contributed by atoms with E-state index in [0.717, 1.165) is 0 Å². The quantitative estimate of drug-likeness (QED) is 0.606. The van der Waals surface area contributed by atoms with Gasteiger partial charge in [0.25, 0.3) is 5.69 Å². The number of nitro benzene ring substituents is 1. The van der Waals surface area contributed by atoms with Crippen LogP contribution in [0.1, 0.15) is 20.8 Å². The van der Waals surface area contributed by atoms with E-state index in [1.54, 1.807) is 6.07 Å². The maximum absolute atomic E-state index is 10.9. The van der Waals surface area contributed by atoms with Gasteiger partial charge in [0.05, 0.1) is 23.7 Å². The summed E-state index contributed by atoms with van der Waals surface area (Å²) in [5.74, 6) is 0.468. The second kappa shape index (κ2) is 6.94. The molecule has 1 aromatic carbocycles. The van der Waals surface area contributed by atoms with E-state index in [4.69, 9.17) is 9.84 Å². The first-order valence-corrected chi connectivity index (χ1v) is 6.29. The molecular weight excluding hydrogens is 248 g/mol. The molecular formula is C13H20N2O4. The number of anilines is 1. The van der Waals surface area contributed by atoms with Crippen molar-refractivity contribution in [2.24, 2.45) is 0 Å². The predicted octanol–water partition coefficient (Wildman–Crippen LogP) is 2.20. The van der Waals surface area contributed by atoms with Gasteiger partial charge in [-0.25, -0.2) is 0 Å². The summed E-state index contributed by atoms with van der Waals surface area (Å²) in [7, 11) is 0. The Kier molecular flexibility index (Phi) is 5.57. The van der Waals surface area contributed by atoms with Crippen molar-refractivity contribution in [2.75, 3.05) is 24.6 Å². The first-order valence-electron chi connectivity index (χ1n) is 6.29. The third-order valence-electron chi connectivity index (χ3n) is 2.58. The van der Waals surface area contributed by atoms with Crippen LogP contribution in [0.5, 0.6) is 5.75 Å². The van der Waals surface area contributed by atoms with Crippen LogP contribution in [-0.2, 0) is 0 Å². The molecule has 0 radical (unpaired) electrons. The van der Waals surface area contributed by atoms with Gasteiger partial charge in [0.2, 0.25) is 0 Å². The topological polar surface area (TPSA) is 75.8 Å². The average molecular weight is 268 g/mol. The molecule has 0 unspecified atom stereocenters. The molecule has 0 fully saturated rings. The number of hydrogen-bond donors (Lipinski definition) is 1. The lowest BCUT2D eigenvalue weighted by atomic mass is 10.2. The van der Waals surface area contributed by atoms with Crippen molar-refractivity contribution < 1.29 is 14.8 Å². The molecule has 0 saturated carbocycles.